The van der Waals surface area contributed by atoms with Crippen molar-refractivity contribution in [3.63, 3.8) is 0 Å². The molecule has 0 aliphatic carbocycles. The zero-order chi connectivity index (χ0) is 8.10. The van der Waals surface area contributed by atoms with Gasteiger partial charge in [0.1, 0.15) is 0 Å². The van der Waals surface area contributed by atoms with Gasteiger partial charge in [-0.25, -0.2) is 0 Å². The molecule has 1 fully saturated rings. The van der Waals surface area contributed by atoms with Gasteiger partial charge in [0.15, 0.2) is 0 Å². The smallest absolute Gasteiger partial charge is 0.0542 e. The molecule has 11 heavy (non-hydrogen) atoms. The number of nitrogens with zero attached hydrogens (tertiary/aromatic N) is 1. The SMILES string of the molecule is C/C(CC1CCOCC1)=N\O. The van der Waals surface area contributed by atoms with Crippen LogP contribution in [0, 0.1) is 5.92 Å². The van der Waals surface area contributed by atoms with Crippen LogP contribution in [0.5, 0.6) is 0 Å². The van der Waals surface area contributed by atoms with Crippen LogP contribution in [0.1, 0.15) is 26.2 Å². The summed E-state index contributed by atoms with van der Waals surface area (Å²) >= 11 is 0. The summed E-state index contributed by atoms with van der Waals surface area (Å²) in [4.78, 5) is 0. The van der Waals surface area contributed by atoms with Crippen molar-refractivity contribution in [3.8, 4) is 0 Å². The van der Waals surface area contributed by atoms with E-state index in [1.165, 1.54) is 0 Å². The molecular formula is C8H15NO2. The lowest BCUT2D eigenvalue weighted by molar-refractivity contribution is 0.0682. The molecule has 0 aromatic heterocycles. The van der Waals surface area contributed by atoms with Crippen molar-refractivity contribution in [2.24, 2.45) is 11.1 Å². The normalized spacial score (nSPS) is 22.1. The van der Waals surface area contributed by atoms with Gasteiger partial charge in [-0.3, -0.25) is 0 Å². The molecule has 0 atom stereocenters. The second kappa shape index (κ2) is 4.34. The van der Waals surface area contributed by atoms with E-state index in [-0.39, 0.29) is 0 Å². The van der Waals surface area contributed by atoms with Crippen LogP contribution < -0.4 is 0 Å². The largest absolute Gasteiger partial charge is 0.411 e. The molecule has 3 nitrogen and oxygen atoms in total. The predicted octanol–water partition coefficient (Wildman–Crippen LogP) is 1.65. The summed E-state index contributed by atoms with van der Waals surface area (Å²) in [5.41, 5.74) is 0.830. The van der Waals surface area contributed by atoms with Gasteiger partial charge in [0, 0.05) is 13.2 Å². The standard InChI is InChI=1S/C8H15NO2/c1-7(9-10)6-8-2-4-11-5-3-8/h8,10H,2-6H2,1H3/b9-7+. The maximum atomic E-state index is 8.42. The summed E-state index contributed by atoms with van der Waals surface area (Å²) in [6.07, 6.45) is 3.12. The molecule has 0 unspecified atom stereocenters. The van der Waals surface area contributed by atoms with E-state index in [1.54, 1.807) is 0 Å². The molecule has 3 heteroatoms. The number of ether oxygens (including phenoxy) is 1. The van der Waals surface area contributed by atoms with Crippen molar-refractivity contribution in [3.05, 3.63) is 0 Å². The first-order valence-corrected chi connectivity index (χ1v) is 4.08. The molecule has 1 heterocycles. The summed E-state index contributed by atoms with van der Waals surface area (Å²) in [7, 11) is 0. The highest BCUT2D eigenvalue weighted by Crippen LogP contribution is 2.18. The van der Waals surface area contributed by atoms with Crippen molar-refractivity contribution in [2.45, 2.75) is 26.2 Å². The molecule has 0 aromatic carbocycles. The van der Waals surface area contributed by atoms with Crippen LogP contribution in [0.15, 0.2) is 5.16 Å². The minimum absolute atomic E-state index is 0.666. The summed E-state index contributed by atoms with van der Waals surface area (Å²) in [5.74, 6) is 0.666. The van der Waals surface area contributed by atoms with Crippen LogP contribution in [-0.4, -0.2) is 24.1 Å². The van der Waals surface area contributed by atoms with Gasteiger partial charge in [-0.05, 0) is 32.1 Å². The third-order valence-electron chi connectivity index (χ3n) is 2.10. The number of hydrogen-bond donors (Lipinski definition) is 1. The molecule has 1 N–H and O–H groups in total. The highest BCUT2D eigenvalue weighted by Gasteiger charge is 2.14. The minimum atomic E-state index is 0.666. The van der Waals surface area contributed by atoms with Gasteiger partial charge >= 0.3 is 0 Å². The van der Waals surface area contributed by atoms with Gasteiger partial charge in [0.2, 0.25) is 0 Å². The van der Waals surface area contributed by atoms with Gasteiger partial charge in [-0.15, -0.1) is 0 Å². The summed E-state index contributed by atoms with van der Waals surface area (Å²) in [5, 5.41) is 11.6. The fourth-order valence-electron chi connectivity index (χ4n) is 1.41. The maximum Gasteiger partial charge on any atom is 0.0542 e. The van der Waals surface area contributed by atoms with Crippen molar-refractivity contribution in [1.82, 2.24) is 0 Å². The second-order valence-electron chi connectivity index (χ2n) is 3.10. The van der Waals surface area contributed by atoms with E-state index in [1.807, 2.05) is 6.92 Å². The van der Waals surface area contributed by atoms with Gasteiger partial charge in [-0.2, -0.15) is 0 Å². The third-order valence-corrected chi connectivity index (χ3v) is 2.10. The van der Waals surface area contributed by atoms with E-state index in [9.17, 15) is 0 Å². The Morgan fingerprint density at radius 3 is 2.73 bits per heavy atom. The van der Waals surface area contributed by atoms with Gasteiger partial charge < -0.3 is 9.94 Å². The Balaban J connectivity index is 2.24. The zero-order valence-electron chi connectivity index (χ0n) is 6.92. The van der Waals surface area contributed by atoms with Crippen LogP contribution in [0.2, 0.25) is 0 Å². The number of hydrogen-bond acceptors (Lipinski definition) is 3. The molecule has 64 valence electrons. The molecule has 1 rings (SSSR count). The number of rotatable bonds is 2. The zero-order valence-corrected chi connectivity index (χ0v) is 6.92. The average molecular weight is 157 g/mol. The molecule has 0 bridgehead atoms. The summed E-state index contributed by atoms with van der Waals surface area (Å²) < 4.78 is 5.21. The highest BCUT2D eigenvalue weighted by molar-refractivity contribution is 5.81. The lowest BCUT2D eigenvalue weighted by Gasteiger charge is -2.21. The minimum Gasteiger partial charge on any atom is -0.411 e. The molecule has 0 saturated carbocycles. The van der Waals surface area contributed by atoms with Crippen LogP contribution in [-0.2, 0) is 4.74 Å². The van der Waals surface area contributed by atoms with Crippen molar-refractivity contribution >= 4 is 5.71 Å². The van der Waals surface area contributed by atoms with E-state index in [0.717, 1.165) is 38.2 Å². The Morgan fingerprint density at radius 2 is 2.18 bits per heavy atom. The van der Waals surface area contributed by atoms with Crippen LogP contribution >= 0.6 is 0 Å². The predicted molar refractivity (Wildman–Crippen MR) is 43.1 cm³/mol. The van der Waals surface area contributed by atoms with Crippen LogP contribution in [0.3, 0.4) is 0 Å². The third kappa shape index (κ3) is 2.89. The summed E-state index contributed by atoms with van der Waals surface area (Å²) in [6, 6.07) is 0. The van der Waals surface area contributed by atoms with Gasteiger partial charge in [0.25, 0.3) is 0 Å². The Bertz CT molecular complexity index is 139. The maximum absolute atomic E-state index is 8.42. The van der Waals surface area contributed by atoms with E-state index in [2.05, 4.69) is 5.16 Å². The topological polar surface area (TPSA) is 41.8 Å². The fourth-order valence-corrected chi connectivity index (χ4v) is 1.41. The Morgan fingerprint density at radius 1 is 1.55 bits per heavy atom. The molecule has 0 amide bonds. The van der Waals surface area contributed by atoms with E-state index in [4.69, 9.17) is 9.94 Å². The molecule has 0 spiro atoms. The van der Waals surface area contributed by atoms with Gasteiger partial charge in [-0.1, -0.05) is 5.16 Å². The monoisotopic (exact) mass is 157 g/mol. The first-order chi connectivity index (χ1) is 5.33. The molecule has 1 aliphatic heterocycles. The Hall–Kier alpha value is -0.570. The molecule has 1 aliphatic rings. The molecule has 0 radical (unpaired) electrons. The lowest BCUT2D eigenvalue weighted by Crippen LogP contribution is -2.17. The first-order valence-electron chi connectivity index (χ1n) is 4.08. The molecule has 0 aromatic rings. The second-order valence-corrected chi connectivity index (χ2v) is 3.10. The van der Waals surface area contributed by atoms with E-state index in [0.29, 0.717) is 5.92 Å². The highest BCUT2D eigenvalue weighted by atomic mass is 16.5. The van der Waals surface area contributed by atoms with E-state index < -0.39 is 0 Å². The van der Waals surface area contributed by atoms with E-state index >= 15 is 0 Å². The molecule has 1 saturated heterocycles. The average Bonchev–Trinajstić information content (AvgIpc) is 2.06. The van der Waals surface area contributed by atoms with Crippen LogP contribution in [0.25, 0.3) is 0 Å². The molecular weight excluding hydrogens is 142 g/mol. The van der Waals surface area contributed by atoms with Crippen LogP contribution in [0.4, 0.5) is 0 Å². The Labute approximate surface area is 67.0 Å². The Kier molecular flexibility index (Phi) is 3.36. The number of oxime groups is 1. The quantitative estimate of drug-likeness (QED) is 0.376. The van der Waals surface area contributed by atoms with Gasteiger partial charge in [0.05, 0.1) is 5.71 Å². The fraction of sp³-hybridized carbons (Fsp3) is 0.875. The van der Waals surface area contributed by atoms with Crippen molar-refractivity contribution in [2.75, 3.05) is 13.2 Å². The lowest BCUT2D eigenvalue weighted by atomic mass is 9.95. The van der Waals surface area contributed by atoms with Crippen molar-refractivity contribution < 1.29 is 9.94 Å². The first kappa shape index (κ1) is 8.53. The summed E-state index contributed by atoms with van der Waals surface area (Å²) in [6.45, 7) is 3.59. The van der Waals surface area contributed by atoms with Crippen molar-refractivity contribution in [1.29, 1.82) is 0 Å².